The van der Waals surface area contributed by atoms with Crippen molar-refractivity contribution in [3.8, 4) is 5.75 Å². The van der Waals surface area contributed by atoms with Crippen LogP contribution in [0.1, 0.15) is 49.9 Å². The van der Waals surface area contributed by atoms with E-state index in [1.165, 1.54) is 15.2 Å². The zero-order valence-electron chi connectivity index (χ0n) is 18.5. The minimum Gasteiger partial charge on any atom is -0.492 e. The Morgan fingerprint density at radius 2 is 1.97 bits per heavy atom. The number of piperidine rings is 1. The van der Waals surface area contributed by atoms with E-state index in [-0.39, 0.29) is 23.4 Å². The fourth-order valence-electron chi connectivity index (χ4n) is 4.51. The number of nitrogens with one attached hydrogen (secondary N) is 1. The number of anilines is 1. The minimum absolute atomic E-state index is 0.122. The van der Waals surface area contributed by atoms with Gasteiger partial charge < -0.3 is 10.1 Å². The Hall–Kier alpha value is -1.94. The van der Waals surface area contributed by atoms with Crippen LogP contribution >= 0.6 is 11.3 Å². The number of nitrogens with zero attached hydrogens (tertiary/aromatic N) is 2. The van der Waals surface area contributed by atoms with Crippen LogP contribution < -0.4 is 10.1 Å². The van der Waals surface area contributed by atoms with Crippen LogP contribution in [0.3, 0.4) is 0 Å². The number of thiophene rings is 1. The molecule has 1 atom stereocenters. The van der Waals surface area contributed by atoms with Gasteiger partial charge in [0.05, 0.1) is 13.2 Å². The first-order valence-corrected chi connectivity index (χ1v) is 13.7. The summed E-state index contributed by atoms with van der Waals surface area (Å²) in [5.74, 6) is 0.187. The number of carbonyl (C=O) groups is 1. The number of sulfonamides is 1. The van der Waals surface area contributed by atoms with Gasteiger partial charge in [-0.1, -0.05) is 12.5 Å². The van der Waals surface area contributed by atoms with E-state index in [0.717, 1.165) is 38.6 Å². The maximum absolute atomic E-state index is 13.3. The largest absolute Gasteiger partial charge is 0.492 e. The molecule has 1 amide bonds. The average molecular weight is 478 g/mol. The van der Waals surface area contributed by atoms with E-state index in [1.807, 2.05) is 13.0 Å². The van der Waals surface area contributed by atoms with Crippen molar-refractivity contribution in [3.63, 3.8) is 0 Å². The van der Waals surface area contributed by atoms with Gasteiger partial charge >= 0.3 is 0 Å². The van der Waals surface area contributed by atoms with Crippen LogP contribution in [0.4, 0.5) is 5.69 Å². The van der Waals surface area contributed by atoms with E-state index >= 15 is 0 Å². The zero-order valence-corrected chi connectivity index (χ0v) is 20.1. The van der Waals surface area contributed by atoms with Gasteiger partial charge in [-0.2, -0.15) is 4.31 Å². The average Bonchev–Trinajstić information content (AvgIpc) is 3.47. The van der Waals surface area contributed by atoms with Gasteiger partial charge in [0.1, 0.15) is 10.6 Å². The summed E-state index contributed by atoms with van der Waals surface area (Å²) in [6.45, 7) is 4.39. The highest BCUT2D eigenvalue weighted by Gasteiger charge is 2.30. The third kappa shape index (κ3) is 5.17. The summed E-state index contributed by atoms with van der Waals surface area (Å²) in [4.78, 5) is 16.4. The molecule has 4 rings (SSSR count). The first-order chi connectivity index (χ1) is 15.5. The van der Waals surface area contributed by atoms with Gasteiger partial charge in [0.15, 0.2) is 0 Å². The molecule has 1 N–H and O–H groups in total. The molecule has 0 unspecified atom stereocenters. The molecule has 3 heterocycles. The normalized spacial score (nSPS) is 20.3. The number of rotatable bonds is 8. The molecular formula is C23H31N3O4S2. The van der Waals surface area contributed by atoms with Crippen molar-refractivity contribution in [3.05, 3.63) is 40.6 Å². The summed E-state index contributed by atoms with van der Waals surface area (Å²) in [5.41, 5.74) is 0.473. The number of hydrogen-bond donors (Lipinski definition) is 1. The Morgan fingerprint density at radius 1 is 1.16 bits per heavy atom. The highest BCUT2D eigenvalue weighted by Crippen LogP contribution is 2.35. The molecular weight excluding hydrogens is 446 g/mol. The van der Waals surface area contributed by atoms with Crippen LogP contribution in [0.15, 0.2) is 40.6 Å². The number of carbonyl (C=O) groups excluding carboxylic acids is 1. The third-order valence-corrected chi connectivity index (χ3v) is 8.94. The van der Waals surface area contributed by atoms with Gasteiger partial charge in [0.2, 0.25) is 15.9 Å². The molecule has 2 saturated heterocycles. The predicted octanol–water partition coefficient (Wildman–Crippen LogP) is 4.10. The Balaban J connectivity index is 1.50. The topological polar surface area (TPSA) is 79.0 Å². The van der Waals surface area contributed by atoms with Crippen molar-refractivity contribution in [1.29, 1.82) is 0 Å². The molecule has 0 aliphatic carbocycles. The molecule has 2 aliphatic heterocycles. The first kappa shape index (κ1) is 23.2. The summed E-state index contributed by atoms with van der Waals surface area (Å²) in [6.07, 6.45) is 4.89. The van der Waals surface area contributed by atoms with Crippen molar-refractivity contribution >= 4 is 33.0 Å². The van der Waals surface area contributed by atoms with E-state index < -0.39 is 10.0 Å². The van der Waals surface area contributed by atoms with Gasteiger partial charge in [-0.25, -0.2) is 8.42 Å². The van der Waals surface area contributed by atoms with Gasteiger partial charge in [-0.05, 0) is 68.8 Å². The monoisotopic (exact) mass is 477 g/mol. The fraction of sp³-hybridized carbons (Fsp3) is 0.522. The summed E-state index contributed by atoms with van der Waals surface area (Å²) >= 11 is 1.72. The molecule has 174 valence electrons. The molecule has 0 radical (unpaired) electrons. The molecule has 1 aromatic heterocycles. The van der Waals surface area contributed by atoms with E-state index in [4.69, 9.17) is 4.74 Å². The van der Waals surface area contributed by atoms with Crippen molar-refractivity contribution in [2.75, 3.05) is 38.1 Å². The lowest BCUT2D eigenvalue weighted by molar-refractivity contribution is -0.117. The van der Waals surface area contributed by atoms with E-state index in [9.17, 15) is 13.2 Å². The van der Waals surface area contributed by atoms with Crippen LogP contribution in [0.2, 0.25) is 0 Å². The van der Waals surface area contributed by atoms with Crippen LogP contribution in [0.25, 0.3) is 0 Å². The lowest BCUT2D eigenvalue weighted by atomic mass is 10.2. The first-order valence-electron chi connectivity index (χ1n) is 11.3. The predicted molar refractivity (Wildman–Crippen MR) is 127 cm³/mol. The molecule has 2 aromatic rings. The van der Waals surface area contributed by atoms with Gasteiger partial charge in [0.25, 0.3) is 0 Å². The van der Waals surface area contributed by atoms with Gasteiger partial charge in [-0.15, -0.1) is 11.3 Å². The Kier molecular flexibility index (Phi) is 7.50. The molecule has 0 bridgehead atoms. The van der Waals surface area contributed by atoms with Crippen molar-refractivity contribution in [2.24, 2.45) is 0 Å². The van der Waals surface area contributed by atoms with Crippen molar-refractivity contribution < 1.29 is 17.9 Å². The molecule has 7 nitrogen and oxygen atoms in total. The van der Waals surface area contributed by atoms with Gasteiger partial charge in [-0.3, -0.25) is 9.69 Å². The molecule has 2 aliphatic rings. The van der Waals surface area contributed by atoms with Crippen LogP contribution in [-0.2, 0) is 14.8 Å². The summed E-state index contributed by atoms with van der Waals surface area (Å²) in [5, 5.41) is 4.97. The van der Waals surface area contributed by atoms with E-state index in [1.54, 1.807) is 23.5 Å². The number of hydrogen-bond acceptors (Lipinski definition) is 6. The van der Waals surface area contributed by atoms with Crippen LogP contribution in [0, 0.1) is 0 Å². The standard InChI is InChI=1S/C23H31N3O4S2/c1-2-30-20-11-10-18(16-22(20)32(28,29)26-13-4-3-5-14-26)24-23(27)17-25-12-6-8-19(25)21-9-7-15-31-21/h7,9-11,15-16,19H,2-6,8,12-14,17H2,1H3,(H,24,27)/t19-/m1/s1. The molecule has 0 saturated carbocycles. The maximum Gasteiger partial charge on any atom is 0.246 e. The number of likely N-dealkylation sites (tertiary alicyclic amines) is 1. The maximum atomic E-state index is 13.3. The molecule has 32 heavy (non-hydrogen) atoms. The van der Waals surface area contributed by atoms with Crippen LogP contribution in [-0.4, -0.2) is 56.3 Å². The van der Waals surface area contributed by atoms with Gasteiger partial charge in [0, 0.05) is 29.7 Å². The fourth-order valence-corrected chi connectivity index (χ4v) is 7.08. The number of benzene rings is 1. The number of ether oxygens (including phenoxy) is 1. The van der Waals surface area contributed by atoms with E-state index in [2.05, 4.69) is 21.7 Å². The second-order valence-electron chi connectivity index (χ2n) is 8.25. The number of amides is 1. The van der Waals surface area contributed by atoms with Crippen LogP contribution in [0.5, 0.6) is 5.75 Å². The lowest BCUT2D eigenvalue weighted by Gasteiger charge is -2.27. The Morgan fingerprint density at radius 3 is 2.69 bits per heavy atom. The second kappa shape index (κ2) is 10.3. The molecule has 9 heteroatoms. The summed E-state index contributed by atoms with van der Waals surface area (Å²) < 4.78 is 33.7. The quantitative estimate of drug-likeness (QED) is 0.619. The highest BCUT2D eigenvalue weighted by atomic mass is 32.2. The highest BCUT2D eigenvalue weighted by molar-refractivity contribution is 7.89. The Labute approximate surface area is 194 Å². The lowest BCUT2D eigenvalue weighted by Crippen LogP contribution is -2.36. The zero-order chi connectivity index (χ0) is 22.6. The smallest absolute Gasteiger partial charge is 0.246 e. The van der Waals surface area contributed by atoms with Crippen molar-refractivity contribution in [2.45, 2.75) is 50.0 Å². The van der Waals surface area contributed by atoms with Crippen molar-refractivity contribution in [1.82, 2.24) is 9.21 Å². The summed E-state index contributed by atoms with van der Waals surface area (Å²) in [6, 6.07) is 9.32. The van der Waals surface area contributed by atoms with E-state index in [0.29, 0.717) is 31.1 Å². The Bertz CT molecular complexity index is 1020. The third-order valence-electron chi connectivity index (χ3n) is 6.04. The molecule has 0 spiro atoms. The minimum atomic E-state index is -3.69. The molecule has 2 fully saturated rings. The second-order valence-corrected chi connectivity index (χ2v) is 11.1. The summed E-state index contributed by atoms with van der Waals surface area (Å²) in [7, 11) is -3.69. The molecule has 1 aromatic carbocycles. The SMILES string of the molecule is CCOc1ccc(NC(=O)CN2CCC[C@@H]2c2cccs2)cc1S(=O)(=O)N1CCCCC1.